The predicted molar refractivity (Wildman–Crippen MR) is 53.1 cm³/mol. The first-order valence-electron chi connectivity index (χ1n) is 4.08. The van der Waals surface area contributed by atoms with Gasteiger partial charge in [-0.25, -0.2) is 4.79 Å². The minimum atomic E-state index is -4.46. The van der Waals surface area contributed by atoms with Gasteiger partial charge in [-0.2, -0.15) is 13.2 Å². The number of aliphatic carboxylic acids is 1. The highest BCUT2D eigenvalue weighted by Gasteiger charge is 2.30. The monoisotopic (exact) mass is 250 g/mol. The summed E-state index contributed by atoms with van der Waals surface area (Å²) in [5.74, 6) is -1.20. The van der Waals surface area contributed by atoms with E-state index in [1.807, 2.05) is 0 Å². The zero-order valence-electron chi connectivity index (χ0n) is 7.75. The lowest BCUT2D eigenvalue weighted by molar-refractivity contribution is -0.137. The van der Waals surface area contributed by atoms with Gasteiger partial charge in [-0.1, -0.05) is 17.7 Å². The van der Waals surface area contributed by atoms with Crippen LogP contribution in [0.1, 0.15) is 11.1 Å². The van der Waals surface area contributed by atoms with Crippen LogP contribution in [0.15, 0.2) is 24.3 Å². The van der Waals surface area contributed by atoms with Crippen molar-refractivity contribution in [3.63, 3.8) is 0 Å². The summed E-state index contributed by atoms with van der Waals surface area (Å²) in [4.78, 5) is 10.2. The van der Waals surface area contributed by atoms with Crippen LogP contribution in [-0.2, 0) is 11.0 Å². The van der Waals surface area contributed by atoms with Crippen LogP contribution in [0.4, 0.5) is 13.2 Å². The Bertz CT molecular complexity index is 438. The SMILES string of the molecule is O=C(O)/C=C\c1ccc(C(F)(F)F)cc1Cl. The third-order valence-corrected chi connectivity index (χ3v) is 2.06. The van der Waals surface area contributed by atoms with Gasteiger partial charge in [-0.3, -0.25) is 0 Å². The van der Waals surface area contributed by atoms with Crippen molar-refractivity contribution in [2.45, 2.75) is 6.18 Å². The fourth-order valence-corrected chi connectivity index (χ4v) is 1.24. The average Bonchev–Trinajstić information content (AvgIpc) is 2.14. The normalized spacial score (nSPS) is 12.0. The van der Waals surface area contributed by atoms with Crippen LogP contribution in [0.5, 0.6) is 0 Å². The molecule has 1 N–H and O–H groups in total. The third kappa shape index (κ3) is 3.27. The van der Waals surface area contributed by atoms with Crippen LogP contribution in [0.2, 0.25) is 5.02 Å². The first-order chi connectivity index (χ1) is 7.30. The van der Waals surface area contributed by atoms with Gasteiger partial charge in [0.05, 0.1) is 5.56 Å². The lowest BCUT2D eigenvalue weighted by atomic mass is 10.1. The van der Waals surface area contributed by atoms with E-state index in [-0.39, 0.29) is 10.6 Å². The fourth-order valence-electron chi connectivity index (χ4n) is 1.000. The Morgan fingerprint density at radius 2 is 2.00 bits per heavy atom. The van der Waals surface area contributed by atoms with Crippen molar-refractivity contribution in [2.24, 2.45) is 0 Å². The number of benzene rings is 1. The van der Waals surface area contributed by atoms with E-state index in [0.717, 1.165) is 30.4 Å². The highest BCUT2D eigenvalue weighted by Crippen LogP contribution is 2.32. The third-order valence-electron chi connectivity index (χ3n) is 1.73. The lowest BCUT2D eigenvalue weighted by Gasteiger charge is -2.07. The number of hydrogen-bond donors (Lipinski definition) is 1. The number of carbonyl (C=O) groups is 1. The van der Waals surface area contributed by atoms with Gasteiger partial charge < -0.3 is 5.11 Å². The molecule has 0 aliphatic rings. The Morgan fingerprint density at radius 3 is 2.44 bits per heavy atom. The largest absolute Gasteiger partial charge is 0.478 e. The van der Waals surface area contributed by atoms with E-state index in [2.05, 4.69) is 0 Å². The molecule has 0 unspecified atom stereocenters. The van der Waals surface area contributed by atoms with Crippen LogP contribution in [0.3, 0.4) is 0 Å². The maximum atomic E-state index is 12.2. The molecule has 0 radical (unpaired) electrons. The van der Waals surface area contributed by atoms with Crippen LogP contribution in [0, 0.1) is 0 Å². The summed E-state index contributed by atoms with van der Waals surface area (Å²) in [6.45, 7) is 0. The zero-order chi connectivity index (χ0) is 12.3. The fraction of sp³-hybridized carbons (Fsp3) is 0.100. The lowest BCUT2D eigenvalue weighted by Crippen LogP contribution is -2.04. The molecular formula is C10H6ClF3O2. The summed E-state index contributed by atoms with van der Waals surface area (Å²) in [7, 11) is 0. The summed E-state index contributed by atoms with van der Waals surface area (Å²) in [5, 5.41) is 8.19. The smallest absolute Gasteiger partial charge is 0.416 e. The molecule has 0 saturated carbocycles. The van der Waals surface area contributed by atoms with E-state index >= 15 is 0 Å². The standard InChI is InChI=1S/C10H6ClF3O2/c11-8-5-7(10(12,13)14)3-1-6(8)2-4-9(15)16/h1-5H,(H,15,16)/b4-2-. The van der Waals surface area contributed by atoms with Gasteiger partial charge in [0, 0.05) is 11.1 Å². The summed E-state index contributed by atoms with van der Waals surface area (Å²) in [5.41, 5.74) is -0.651. The average molecular weight is 251 g/mol. The van der Waals surface area contributed by atoms with Crippen LogP contribution in [0.25, 0.3) is 6.08 Å². The molecule has 1 rings (SSSR count). The van der Waals surface area contributed by atoms with E-state index in [1.54, 1.807) is 0 Å². The highest BCUT2D eigenvalue weighted by molar-refractivity contribution is 6.32. The van der Waals surface area contributed by atoms with Gasteiger partial charge >= 0.3 is 12.1 Å². The van der Waals surface area contributed by atoms with Crippen LogP contribution in [-0.4, -0.2) is 11.1 Å². The Hall–Kier alpha value is -1.49. The van der Waals surface area contributed by atoms with Crippen molar-refractivity contribution in [1.82, 2.24) is 0 Å². The maximum Gasteiger partial charge on any atom is 0.416 e. The van der Waals surface area contributed by atoms with Gasteiger partial charge in [0.2, 0.25) is 0 Å². The van der Waals surface area contributed by atoms with Crippen molar-refractivity contribution < 1.29 is 23.1 Å². The van der Waals surface area contributed by atoms with Crippen molar-refractivity contribution in [1.29, 1.82) is 0 Å². The Kier molecular flexibility index (Phi) is 3.59. The van der Waals surface area contributed by atoms with Crippen molar-refractivity contribution in [2.75, 3.05) is 0 Å². The van der Waals surface area contributed by atoms with E-state index in [1.165, 1.54) is 0 Å². The van der Waals surface area contributed by atoms with Crippen LogP contribution >= 0.6 is 11.6 Å². The van der Waals surface area contributed by atoms with Gasteiger partial charge in [0.25, 0.3) is 0 Å². The molecule has 0 atom stereocenters. The van der Waals surface area contributed by atoms with Crippen molar-refractivity contribution in [3.8, 4) is 0 Å². The van der Waals surface area contributed by atoms with Gasteiger partial charge in [-0.15, -0.1) is 0 Å². The Labute approximate surface area is 94.0 Å². The summed E-state index contributed by atoms with van der Waals surface area (Å²) >= 11 is 5.57. The van der Waals surface area contributed by atoms with E-state index in [9.17, 15) is 18.0 Å². The highest BCUT2D eigenvalue weighted by atomic mass is 35.5. The molecule has 0 spiro atoms. The van der Waals surface area contributed by atoms with Gasteiger partial charge in [0.15, 0.2) is 0 Å². The number of alkyl halides is 3. The molecule has 1 aromatic carbocycles. The number of rotatable bonds is 2. The van der Waals surface area contributed by atoms with E-state index in [4.69, 9.17) is 16.7 Å². The topological polar surface area (TPSA) is 37.3 Å². The summed E-state index contributed by atoms with van der Waals surface area (Å²) < 4.78 is 36.7. The second-order valence-electron chi connectivity index (χ2n) is 2.91. The summed E-state index contributed by atoms with van der Waals surface area (Å²) in [6, 6.07) is 2.71. The molecule has 6 heteroatoms. The molecule has 16 heavy (non-hydrogen) atoms. The molecule has 0 amide bonds. The molecule has 0 aliphatic carbocycles. The minimum Gasteiger partial charge on any atom is -0.478 e. The van der Waals surface area contributed by atoms with Crippen molar-refractivity contribution >= 4 is 23.6 Å². The molecule has 0 heterocycles. The van der Waals surface area contributed by atoms with Gasteiger partial charge in [-0.05, 0) is 23.8 Å². The molecule has 0 fully saturated rings. The van der Waals surface area contributed by atoms with E-state index in [0.29, 0.717) is 0 Å². The Morgan fingerprint density at radius 1 is 1.38 bits per heavy atom. The van der Waals surface area contributed by atoms with Gasteiger partial charge in [0.1, 0.15) is 0 Å². The first kappa shape index (κ1) is 12.6. The molecule has 2 nitrogen and oxygen atoms in total. The number of carboxylic acids is 1. The second-order valence-corrected chi connectivity index (χ2v) is 3.31. The molecule has 1 aromatic rings. The minimum absolute atomic E-state index is 0.146. The molecule has 86 valence electrons. The molecule has 0 aliphatic heterocycles. The molecule has 0 aromatic heterocycles. The van der Waals surface area contributed by atoms with E-state index < -0.39 is 17.7 Å². The quantitative estimate of drug-likeness (QED) is 0.816. The second kappa shape index (κ2) is 4.57. The molecule has 0 saturated heterocycles. The predicted octanol–water partition coefficient (Wildman–Crippen LogP) is 3.46. The molecule has 0 bridgehead atoms. The zero-order valence-corrected chi connectivity index (χ0v) is 8.51. The number of hydrogen-bond acceptors (Lipinski definition) is 1. The number of carboxylic acid groups (broad SMARTS) is 1. The molecular weight excluding hydrogens is 245 g/mol. The van der Waals surface area contributed by atoms with Crippen molar-refractivity contribution in [3.05, 3.63) is 40.4 Å². The maximum absolute atomic E-state index is 12.2. The van der Waals surface area contributed by atoms with Crippen LogP contribution < -0.4 is 0 Å². The Balaban J connectivity index is 3.05. The first-order valence-corrected chi connectivity index (χ1v) is 4.46. The number of halogens is 4. The summed E-state index contributed by atoms with van der Waals surface area (Å²) in [6.07, 6.45) is -2.53.